The van der Waals surface area contributed by atoms with E-state index in [1.165, 1.54) is 0 Å². The van der Waals surface area contributed by atoms with Crippen LogP contribution in [-0.2, 0) is 4.79 Å². The van der Waals surface area contributed by atoms with Crippen LogP contribution in [0.1, 0.15) is 18.4 Å². The molecule has 0 bridgehead atoms. The predicted molar refractivity (Wildman–Crippen MR) is 84.9 cm³/mol. The quantitative estimate of drug-likeness (QED) is 0.603. The topological polar surface area (TPSA) is 81.4 Å². The maximum atomic E-state index is 12.4. The molecule has 6 nitrogen and oxygen atoms in total. The summed E-state index contributed by atoms with van der Waals surface area (Å²) in [5.41, 5.74) is 9.64. The van der Waals surface area contributed by atoms with Crippen molar-refractivity contribution in [2.45, 2.75) is 12.8 Å². The van der Waals surface area contributed by atoms with E-state index in [4.69, 9.17) is 28.7 Å². The highest BCUT2D eigenvalue weighted by molar-refractivity contribution is 6.69. The van der Waals surface area contributed by atoms with Crippen LogP contribution in [0.25, 0.3) is 5.53 Å². The molecule has 22 heavy (non-hydrogen) atoms. The summed E-state index contributed by atoms with van der Waals surface area (Å²) in [4.78, 5) is 25.4. The number of aliphatic imine (C=N–C) groups is 2. The number of rotatable bonds is 2. The normalized spacial score (nSPS) is 17.4. The van der Waals surface area contributed by atoms with Gasteiger partial charge in [-0.1, -0.05) is 23.2 Å². The zero-order chi connectivity index (χ0) is 15.7. The summed E-state index contributed by atoms with van der Waals surface area (Å²) in [5, 5.41) is 0.850. The lowest BCUT2D eigenvalue weighted by molar-refractivity contribution is -0.123. The third kappa shape index (κ3) is 2.68. The number of carbonyl (C=O) groups excluding carboxylic acids is 1. The van der Waals surface area contributed by atoms with Crippen LogP contribution in [0.3, 0.4) is 0 Å². The third-order valence-corrected chi connectivity index (χ3v) is 4.05. The molecule has 0 atom stereocenters. The standard InChI is InChI=1S/C14H11Cl2N5O/c15-8-3-4-9(10(16)7-8)12-18-11(13(19-12)20-17)14(22)21-5-1-2-6-21/h3-4,7H,1-2,5-6H2. The summed E-state index contributed by atoms with van der Waals surface area (Å²) in [6.07, 6.45) is 1.92. The molecule has 1 aromatic carbocycles. The molecule has 0 spiro atoms. The van der Waals surface area contributed by atoms with Gasteiger partial charge in [0.1, 0.15) is 0 Å². The minimum Gasteiger partial charge on any atom is -0.497 e. The largest absolute Gasteiger partial charge is 0.497 e. The number of amides is 1. The number of carbonyl (C=O) groups is 1. The van der Waals surface area contributed by atoms with E-state index in [0.717, 1.165) is 12.8 Å². The van der Waals surface area contributed by atoms with Crippen molar-refractivity contribution in [3.63, 3.8) is 0 Å². The zero-order valence-corrected chi connectivity index (χ0v) is 13.0. The van der Waals surface area contributed by atoms with Gasteiger partial charge in [-0.3, -0.25) is 4.79 Å². The van der Waals surface area contributed by atoms with Gasteiger partial charge < -0.3 is 15.2 Å². The molecule has 0 N–H and O–H groups in total. The van der Waals surface area contributed by atoms with Gasteiger partial charge in [-0.2, -0.15) is 4.99 Å². The van der Waals surface area contributed by atoms with Crippen molar-refractivity contribution < 1.29 is 9.58 Å². The molecule has 3 rings (SSSR count). The van der Waals surface area contributed by atoms with Gasteiger partial charge in [-0.15, -0.1) is 0 Å². The van der Waals surface area contributed by atoms with Gasteiger partial charge in [0.15, 0.2) is 0 Å². The second-order valence-electron chi connectivity index (χ2n) is 4.94. The Morgan fingerprint density at radius 2 is 1.95 bits per heavy atom. The number of halogens is 2. The highest BCUT2D eigenvalue weighted by Crippen LogP contribution is 2.24. The maximum Gasteiger partial charge on any atom is 0.435 e. The molecular weight excluding hydrogens is 325 g/mol. The molecule has 0 radical (unpaired) electrons. The van der Waals surface area contributed by atoms with E-state index in [1.54, 1.807) is 23.1 Å². The average Bonchev–Trinajstić information content (AvgIpc) is 3.16. The SMILES string of the molecule is [N-]=[N+]=C1N=C(c2ccc(Cl)cc2Cl)N=C1C(=O)N1CCCC1. The molecule has 0 aliphatic carbocycles. The van der Waals surface area contributed by atoms with Crippen molar-refractivity contribution in [2.24, 2.45) is 9.98 Å². The van der Waals surface area contributed by atoms with Crippen LogP contribution in [0.4, 0.5) is 0 Å². The van der Waals surface area contributed by atoms with Gasteiger partial charge in [-0.05, 0) is 36.0 Å². The van der Waals surface area contributed by atoms with E-state index >= 15 is 0 Å². The number of hydrogen-bond donors (Lipinski definition) is 0. The first-order chi connectivity index (χ1) is 10.6. The van der Waals surface area contributed by atoms with Crippen molar-refractivity contribution in [1.29, 1.82) is 0 Å². The summed E-state index contributed by atoms with van der Waals surface area (Å²) in [6, 6.07) is 4.87. The van der Waals surface area contributed by atoms with Crippen LogP contribution in [-0.4, -0.2) is 46.1 Å². The van der Waals surface area contributed by atoms with E-state index < -0.39 is 0 Å². The second-order valence-corrected chi connectivity index (χ2v) is 5.79. The lowest BCUT2D eigenvalue weighted by Gasteiger charge is -2.12. The fourth-order valence-corrected chi connectivity index (χ4v) is 2.90. The number of amidine groups is 2. The third-order valence-electron chi connectivity index (χ3n) is 3.50. The lowest BCUT2D eigenvalue weighted by Crippen LogP contribution is -2.37. The number of hydrogen-bond acceptors (Lipinski definition) is 2. The van der Waals surface area contributed by atoms with Crippen LogP contribution in [0.15, 0.2) is 28.2 Å². The highest BCUT2D eigenvalue weighted by Gasteiger charge is 2.37. The lowest BCUT2D eigenvalue weighted by atomic mass is 10.2. The number of nitrogens with zero attached hydrogens (tertiary/aromatic N) is 5. The molecule has 0 aromatic heterocycles. The van der Waals surface area contributed by atoms with E-state index in [0.29, 0.717) is 28.7 Å². The van der Waals surface area contributed by atoms with Gasteiger partial charge in [-0.25, -0.2) is 0 Å². The molecule has 1 amide bonds. The summed E-state index contributed by atoms with van der Waals surface area (Å²) in [7, 11) is 0. The Hall–Kier alpha value is -2.01. The Labute approximate surface area is 136 Å². The van der Waals surface area contributed by atoms with Crippen molar-refractivity contribution >= 4 is 46.5 Å². The molecule has 8 heteroatoms. The fraction of sp³-hybridized carbons (Fsp3) is 0.286. The van der Waals surface area contributed by atoms with Gasteiger partial charge in [0.2, 0.25) is 5.71 Å². The van der Waals surface area contributed by atoms with Crippen LogP contribution < -0.4 is 0 Å². The number of benzene rings is 1. The molecule has 2 aliphatic rings. The van der Waals surface area contributed by atoms with Crippen LogP contribution in [0, 0.1) is 0 Å². The Bertz CT molecular complexity index is 758. The van der Waals surface area contributed by atoms with Crippen LogP contribution in [0.2, 0.25) is 10.0 Å². The van der Waals surface area contributed by atoms with Gasteiger partial charge in [0.05, 0.1) is 10.6 Å². The van der Waals surface area contributed by atoms with Crippen molar-refractivity contribution in [1.82, 2.24) is 4.90 Å². The second kappa shape index (κ2) is 6.01. The molecule has 112 valence electrons. The van der Waals surface area contributed by atoms with Crippen LogP contribution >= 0.6 is 23.2 Å². The van der Waals surface area contributed by atoms with Gasteiger partial charge in [0.25, 0.3) is 11.7 Å². The first-order valence-corrected chi connectivity index (χ1v) is 7.50. The van der Waals surface area contributed by atoms with Crippen molar-refractivity contribution in [3.8, 4) is 0 Å². The molecule has 2 aliphatic heterocycles. The molecular formula is C14H11Cl2N5O. The number of likely N-dealkylation sites (tertiary alicyclic amines) is 1. The molecule has 2 heterocycles. The van der Waals surface area contributed by atoms with E-state index in [1.807, 2.05) is 0 Å². The van der Waals surface area contributed by atoms with Crippen molar-refractivity contribution in [2.75, 3.05) is 13.1 Å². The predicted octanol–water partition coefficient (Wildman–Crippen LogP) is 2.45. The molecule has 1 fully saturated rings. The Balaban J connectivity index is 1.96. The average molecular weight is 336 g/mol. The maximum absolute atomic E-state index is 12.4. The summed E-state index contributed by atoms with van der Waals surface area (Å²) < 4.78 is 0. The molecule has 0 unspecified atom stereocenters. The van der Waals surface area contributed by atoms with Gasteiger partial charge >= 0.3 is 5.84 Å². The summed E-state index contributed by atoms with van der Waals surface area (Å²) >= 11 is 12.0. The minimum absolute atomic E-state index is 0.0328. The van der Waals surface area contributed by atoms with Gasteiger partial charge in [0, 0.05) is 18.1 Å². The minimum atomic E-state index is -0.283. The Kier molecular flexibility index (Phi) is 4.07. The monoisotopic (exact) mass is 335 g/mol. The molecule has 1 aromatic rings. The molecule has 0 saturated carbocycles. The summed E-state index contributed by atoms with van der Waals surface area (Å²) in [6.45, 7) is 1.35. The summed E-state index contributed by atoms with van der Waals surface area (Å²) in [5.74, 6) is -0.149. The molecule has 1 saturated heterocycles. The Morgan fingerprint density at radius 3 is 2.59 bits per heavy atom. The van der Waals surface area contributed by atoms with Crippen LogP contribution in [0.5, 0.6) is 0 Å². The van der Waals surface area contributed by atoms with Crippen molar-refractivity contribution in [3.05, 3.63) is 39.3 Å². The first-order valence-electron chi connectivity index (χ1n) is 6.74. The smallest absolute Gasteiger partial charge is 0.435 e. The van der Waals surface area contributed by atoms with E-state index in [-0.39, 0.29) is 23.3 Å². The van der Waals surface area contributed by atoms with E-state index in [2.05, 4.69) is 14.8 Å². The first kappa shape index (κ1) is 14.9. The zero-order valence-electron chi connectivity index (χ0n) is 11.5. The fourth-order valence-electron chi connectivity index (χ4n) is 2.41. The highest BCUT2D eigenvalue weighted by atomic mass is 35.5. The Morgan fingerprint density at radius 1 is 1.23 bits per heavy atom. The van der Waals surface area contributed by atoms with E-state index in [9.17, 15) is 4.79 Å².